The zero-order valence-electron chi connectivity index (χ0n) is 6.94. The molecule has 0 aliphatic heterocycles. The second kappa shape index (κ2) is 2.91. The van der Waals surface area contributed by atoms with Crippen LogP contribution in [0.2, 0.25) is 6.82 Å². The summed E-state index contributed by atoms with van der Waals surface area (Å²) in [6, 6.07) is 6.48. The molecule has 0 bridgehead atoms. The van der Waals surface area contributed by atoms with Gasteiger partial charge in [-0.3, -0.25) is 0 Å². The minimum Gasteiger partial charge on any atom is -0.0849 e. The van der Waals surface area contributed by atoms with Crippen LogP contribution in [0.1, 0.15) is 11.1 Å². The highest BCUT2D eigenvalue weighted by molar-refractivity contribution is 6.52. The Labute approximate surface area is 63.5 Å². The molecule has 0 unspecified atom stereocenters. The zero-order chi connectivity index (χ0) is 7.56. The van der Waals surface area contributed by atoms with Crippen molar-refractivity contribution in [3.8, 4) is 0 Å². The van der Waals surface area contributed by atoms with Crippen LogP contribution in [0.15, 0.2) is 18.2 Å². The molecule has 0 aromatic heterocycles. The number of aryl methyl sites for hydroxylation is 1. The Morgan fingerprint density at radius 3 is 2.40 bits per heavy atom. The van der Waals surface area contributed by atoms with Crippen LogP contribution in [0.4, 0.5) is 0 Å². The summed E-state index contributed by atoms with van der Waals surface area (Å²) in [5.74, 6) is 0. The number of rotatable bonds is 1. The summed E-state index contributed by atoms with van der Waals surface area (Å²) in [5.41, 5.74) is 4.32. The van der Waals surface area contributed by atoms with Gasteiger partial charge in [-0.05, 0) is 19.4 Å². The second-order valence-corrected chi connectivity index (χ2v) is 2.71. The van der Waals surface area contributed by atoms with Crippen LogP contribution in [-0.4, -0.2) is 7.28 Å². The molecule has 1 aromatic carbocycles. The standard InChI is InChI=1S/C9H13B/c1-7-5-4-6-9(10-3)8(7)2/h4-6,10H,1-3H3. The maximum absolute atomic E-state index is 2.20. The average Bonchev–Trinajstić information content (AvgIpc) is 1.95. The molecule has 0 amide bonds. The third-order valence-electron chi connectivity index (χ3n) is 2.10. The molecule has 1 heteroatoms. The second-order valence-electron chi connectivity index (χ2n) is 2.71. The predicted octanol–water partition coefficient (Wildman–Crippen LogP) is 1.41. The lowest BCUT2D eigenvalue weighted by Gasteiger charge is -2.03. The van der Waals surface area contributed by atoms with E-state index in [1.54, 1.807) is 0 Å². The van der Waals surface area contributed by atoms with E-state index in [4.69, 9.17) is 0 Å². The third-order valence-corrected chi connectivity index (χ3v) is 2.10. The van der Waals surface area contributed by atoms with Crippen molar-refractivity contribution in [2.24, 2.45) is 0 Å². The smallest absolute Gasteiger partial charge is 0.0849 e. The van der Waals surface area contributed by atoms with Crippen molar-refractivity contribution in [3.05, 3.63) is 29.3 Å². The zero-order valence-corrected chi connectivity index (χ0v) is 6.94. The Kier molecular flexibility index (Phi) is 2.15. The molecule has 0 spiro atoms. The van der Waals surface area contributed by atoms with Crippen molar-refractivity contribution in [2.75, 3.05) is 0 Å². The number of benzene rings is 1. The van der Waals surface area contributed by atoms with Crippen LogP contribution in [0, 0.1) is 13.8 Å². The highest BCUT2D eigenvalue weighted by Gasteiger charge is 1.96. The highest BCUT2D eigenvalue weighted by atomic mass is 13.9. The molecule has 52 valence electrons. The molecule has 1 aromatic rings. The Hall–Kier alpha value is -0.715. The van der Waals surface area contributed by atoms with E-state index in [1.807, 2.05) is 0 Å². The molecule has 0 saturated carbocycles. The van der Waals surface area contributed by atoms with Crippen molar-refractivity contribution in [3.63, 3.8) is 0 Å². The lowest BCUT2D eigenvalue weighted by molar-refractivity contribution is 1.37. The Morgan fingerprint density at radius 2 is 1.90 bits per heavy atom. The van der Waals surface area contributed by atoms with Gasteiger partial charge in [0, 0.05) is 0 Å². The molecule has 0 N–H and O–H groups in total. The Bertz CT molecular complexity index is 228. The van der Waals surface area contributed by atoms with E-state index in [-0.39, 0.29) is 0 Å². The van der Waals surface area contributed by atoms with Crippen LogP contribution >= 0.6 is 0 Å². The first-order valence-electron chi connectivity index (χ1n) is 3.80. The van der Waals surface area contributed by atoms with Gasteiger partial charge in [0.25, 0.3) is 0 Å². The molecule has 0 aliphatic rings. The van der Waals surface area contributed by atoms with Crippen molar-refractivity contribution in [1.29, 1.82) is 0 Å². The van der Waals surface area contributed by atoms with Gasteiger partial charge in [-0.1, -0.05) is 36.0 Å². The van der Waals surface area contributed by atoms with Crippen LogP contribution in [0.5, 0.6) is 0 Å². The van der Waals surface area contributed by atoms with E-state index in [1.165, 1.54) is 16.6 Å². The number of hydrogen-bond acceptors (Lipinski definition) is 0. The minimum absolute atomic E-state index is 1.15. The van der Waals surface area contributed by atoms with Gasteiger partial charge in [0.2, 0.25) is 0 Å². The van der Waals surface area contributed by atoms with Crippen LogP contribution in [0.25, 0.3) is 0 Å². The summed E-state index contributed by atoms with van der Waals surface area (Å²) < 4.78 is 0. The SMILES string of the molecule is CBc1cccc(C)c1C. The van der Waals surface area contributed by atoms with E-state index in [0.29, 0.717) is 0 Å². The first kappa shape index (κ1) is 7.39. The molecule has 0 radical (unpaired) electrons. The van der Waals surface area contributed by atoms with Crippen molar-refractivity contribution >= 4 is 12.7 Å². The van der Waals surface area contributed by atoms with Gasteiger partial charge in [-0.2, -0.15) is 0 Å². The fraction of sp³-hybridized carbons (Fsp3) is 0.333. The summed E-state index contributed by atoms with van der Waals surface area (Å²) in [6.45, 7) is 6.55. The first-order valence-corrected chi connectivity index (χ1v) is 3.80. The van der Waals surface area contributed by atoms with Gasteiger partial charge in [0.15, 0.2) is 7.28 Å². The Balaban J connectivity index is 3.14. The van der Waals surface area contributed by atoms with Gasteiger partial charge in [-0.25, -0.2) is 0 Å². The predicted molar refractivity (Wildman–Crippen MR) is 48.6 cm³/mol. The minimum atomic E-state index is 1.15. The van der Waals surface area contributed by atoms with Gasteiger partial charge in [-0.15, -0.1) is 0 Å². The van der Waals surface area contributed by atoms with Crippen molar-refractivity contribution < 1.29 is 0 Å². The summed E-state index contributed by atoms with van der Waals surface area (Å²) in [5, 5.41) is 0. The molecule has 1 rings (SSSR count). The molecular weight excluding hydrogens is 119 g/mol. The largest absolute Gasteiger partial charge is 0.154 e. The van der Waals surface area contributed by atoms with Crippen molar-refractivity contribution in [1.82, 2.24) is 0 Å². The molecular formula is C9H13B. The van der Waals surface area contributed by atoms with Gasteiger partial charge in [0.05, 0.1) is 0 Å². The maximum atomic E-state index is 2.20. The fourth-order valence-electron chi connectivity index (χ4n) is 1.19. The lowest BCUT2D eigenvalue weighted by atomic mass is 9.70. The monoisotopic (exact) mass is 132 g/mol. The lowest BCUT2D eigenvalue weighted by Crippen LogP contribution is -2.14. The van der Waals surface area contributed by atoms with Crippen LogP contribution < -0.4 is 5.46 Å². The first-order chi connectivity index (χ1) is 4.75. The molecule has 0 heterocycles. The van der Waals surface area contributed by atoms with Crippen LogP contribution in [-0.2, 0) is 0 Å². The molecule has 0 saturated heterocycles. The molecule has 0 atom stereocenters. The third kappa shape index (κ3) is 1.23. The van der Waals surface area contributed by atoms with Gasteiger partial charge >= 0.3 is 0 Å². The average molecular weight is 132 g/mol. The van der Waals surface area contributed by atoms with E-state index in [0.717, 1.165) is 7.28 Å². The summed E-state index contributed by atoms with van der Waals surface area (Å²) in [6.07, 6.45) is 0. The van der Waals surface area contributed by atoms with Crippen molar-refractivity contribution in [2.45, 2.75) is 20.7 Å². The van der Waals surface area contributed by atoms with E-state index < -0.39 is 0 Å². The van der Waals surface area contributed by atoms with Gasteiger partial charge in [0.1, 0.15) is 0 Å². The number of hydrogen-bond donors (Lipinski definition) is 0. The topological polar surface area (TPSA) is 0 Å². The molecule has 0 nitrogen and oxygen atoms in total. The fourth-order valence-corrected chi connectivity index (χ4v) is 1.19. The normalized spacial score (nSPS) is 9.50. The summed E-state index contributed by atoms with van der Waals surface area (Å²) in [7, 11) is 1.15. The van der Waals surface area contributed by atoms with Crippen LogP contribution in [0.3, 0.4) is 0 Å². The van der Waals surface area contributed by atoms with E-state index >= 15 is 0 Å². The molecule has 0 fully saturated rings. The van der Waals surface area contributed by atoms with E-state index in [9.17, 15) is 0 Å². The summed E-state index contributed by atoms with van der Waals surface area (Å²) in [4.78, 5) is 0. The van der Waals surface area contributed by atoms with Gasteiger partial charge < -0.3 is 0 Å². The maximum Gasteiger partial charge on any atom is 0.154 e. The molecule has 10 heavy (non-hydrogen) atoms. The highest BCUT2D eigenvalue weighted by Crippen LogP contribution is 2.01. The Morgan fingerprint density at radius 1 is 1.20 bits per heavy atom. The van der Waals surface area contributed by atoms with E-state index in [2.05, 4.69) is 38.9 Å². The quantitative estimate of drug-likeness (QED) is 0.507. The summed E-state index contributed by atoms with van der Waals surface area (Å²) >= 11 is 0. The molecule has 0 aliphatic carbocycles.